The van der Waals surface area contributed by atoms with E-state index in [4.69, 9.17) is 4.74 Å². The number of aromatic nitrogens is 1. The number of ether oxygens (including phenoxy) is 1. The molecule has 1 aliphatic heterocycles. The molecule has 0 saturated carbocycles. The van der Waals surface area contributed by atoms with Crippen LogP contribution in [-0.4, -0.2) is 4.57 Å². The van der Waals surface area contributed by atoms with Crippen molar-refractivity contribution in [2.24, 2.45) is 7.05 Å². The van der Waals surface area contributed by atoms with Crippen LogP contribution in [0.25, 0.3) is 11.3 Å². The Morgan fingerprint density at radius 3 is 2.53 bits per heavy atom. The van der Waals surface area contributed by atoms with Gasteiger partial charge in [-0.15, -0.1) is 0 Å². The first kappa shape index (κ1) is 12.3. The van der Waals surface area contributed by atoms with E-state index in [1.54, 1.807) is 0 Å². The van der Waals surface area contributed by atoms with E-state index in [1.807, 2.05) is 0 Å². The van der Waals surface area contributed by atoms with Crippen LogP contribution in [0.5, 0.6) is 5.75 Å². The predicted octanol–water partition coefficient (Wildman–Crippen LogP) is 4.41. The monoisotopic (exact) mass is 255 g/mol. The van der Waals surface area contributed by atoms with Gasteiger partial charge < -0.3 is 9.30 Å². The van der Waals surface area contributed by atoms with E-state index in [0.717, 1.165) is 18.6 Å². The van der Waals surface area contributed by atoms with Crippen LogP contribution >= 0.6 is 0 Å². The lowest BCUT2D eigenvalue weighted by Gasteiger charge is -2.38. The summed E-state index contributed by atoms with van der Waals surface area (Å²) >= 11 is 0. The van der Waals surface area contributed by atoms with Crippen LogP contribution in [0.3, 0.4) is 0 Å². The van der Waals surface area contributed by atoms with Crippen molar-refractivity contribution in [3.63, 3.8) is 0 Å². The van der Waals surface area contributed by atoms with Gasteiger partial charge in [-0.3, -0.25) is 0 Å². The van der Waals surface area contributed by atoms with E-state index in [1.165, 1.54) is 22.4 Å². The summed E-state index contributed by atoms with van der Waals surface area (Å²) in [7, 11) is 2.13. The van der Waals surface area contributed by atoms with E-state index in [-0.39, 0.29) is 5.60 Å². The topological polar surface area (TPSA) is 14.2 Å². The van der Waals surface area contributed by atoms with Crippen LogP contribution in [0.4, 0.5) is 0 Å². The van der Waals surface area contributed by atoms with E-state index < -0.39 is 0 Å². The van der Waals surface area contributed by atoms with Crippen molar-refractivity contribution in [3.05, 3.63) is 41.6 Å². The molecule has 0 atom stereocenters. The smallest absolute Gasteiger partial charge is 0.136 e. The molecular weight excluding hydrogens is 234 g/mol. The summed E-state index contributed by atoms with van der Waals surface area (Å²) in [6.07, 6.45) is 4.21. The fraction of sp³-hybridized carbons (Fsp3) is 0.412. The SMILES string of the molecule is CCC1(CC)Oc2ccccc2-c2c1c(C)cn2C. The highest BCUT2D eigenvalue weighted by atomic mass is 16.5. The first-order chi connectivity index (χ1) is 9.13. The number of aryl methyl sites for hydroxylation is 2. The molecule has 2 heteroatoms. The standard InChI is InChI=1S/C17H21NO/c1-5-17(6-2)15-12(3)11-18(4)16(15)13-9-7-8-10-14(13)19-17/h7-11H,5-6H2,1-4H3. The molecular formula is C17H21NO. The zero-order valence-corrected chi connectivity index (χ0v) is 12.2. The Labute approximate surface area is 115 Å². The van der Waals surface area contributed by atoms with Crippen molar-refractivity contribution in [1.29, 1.82) is 0 Å². The Balaban J connectivity index is 2.36. The van der Waals surface area contributed by atoms with E-state index in [2.05, 4.69) is 62.8 Å². The molecule has 0 radical (unpaired) electrons. The average Bonchev–Trinajstić information content (AvgIpc) is 2.74. The van der Waals surface area contributed by atoms with Crippen molar-refractivity contribution < 1.29 is 4.74 Å². The second kappa shape index (κ2) is 4.16. The van der Waals surface area contributed by atoms with Crippen molar-refractivity contribution in [3.8, 4) is 17.0 Å². The molecule has 1 aliphatic rings. The lowest BCUT2D eigenvalue weighted by molar-refractivity contribution is 0.0539. The zero-order valence-electron chi connectivity index (χ0n) is 12.2. The Bertz CT molecular complexity index is 620. The molecule has 0 unspecified atom stereocenters. The number of para-hydroxylation sites is 1. The number of hydrogen-bond acceptors (Lipinski definition) is 1. The Kier molecular flexibility index (Phi) is 2.70. The van der Waals surface area contributed by atoms with Gasteiger partial charge in [0.1, 0.15) is 11.4 Å². The minimum atomic E-state index is -0.172. The zero-order chi connectivity index (χ0) is 13.6. The number of fused-ring (bicyclic) bond motifs is 3. The Morgan fingerprint density at radius 2 is 1.84 bits per heavy atom. The van der Waals surface area contributed by atoms with Gasteiger partial charge in [-0.2, -0.15) is 0 Å². The second-order valence-corrected chi connectivity index (χ2v) is 5.45. The van der Waals surface area contributed by atoms with Crippen molar-refractivity contribution in [2.75, 3.05) is 0 Å². The highest BCUT2D eigenvalue weighted by Crippen LogP contribution is 2.49. The molecule has 0 N–H and O–H groups in total. The quantitative estimate of drug-likeness (QED) is 0.775. The number of nitrogens with zero attached hydrogens (tertiary/aromatic N) is 1. The first-order valence-corrected chi connectivity index (χ1v) is 7.07. The highest BCUT2D eigenvalue weighted by molar-refractivity contribution is 5.75. The molecule has 0 fully saturated rings. The summed E-state index contributed by atoms with van der Waals surface area (Å²) < 4.78 is 8.67. The second-order valence-electron chi connectivity index (χ2n) is 5.45. The average molecular weight is 255 g/mol. The summed E-state index contributed by atoms with van der Waals surface area (Å²) in [5.41, 5.74) is 5.07. The summed E-state index contributed by atoms with van der Waals surface area (Å²) in [6, 6.07) is 8.37. The fourth-order valence-corrected chi connectivity index (χ4v) is 3.44. The van der Waals surface area contributed by atoms with Gasteiger partial charge in [0, 0.05) is 24.4 Å². The molecule has 100 valence electrons. The third kappa shape index (κ3) is 1.55. The number of rotatable bonds is 2. The van der Waals surface area contributed by atoms with Gasteiger partial charge in [0.25, 0.3) is 0 Å². The van der Waals surface area contributed by atoms with Crippen LogP contribution in [0.1, 0.15) is 37.8 Å². The lowest BCUT2D eigenvalue weighted by Crippen LogP contribution is -2.35. The minimum Gasteiger partial charge on any atom is -0.482 e. The molecule has 0 saturated heterocycles. The van der Waals surface area contributed by atoms with E-state index in [9.17, 15) is 0 Å². The molecule has 1 aromatic heterocycles. The van der Waals surface area contributed by atoms with Crippen molar-refractivity contribution >= 4 is 0 Å². The fourth-order valence-electron chi connectivity index (χ4n) is 3.44. The molecule has 0 bridgehead atoms. The highest BCUT2D eigenvalue weighted by Gasteiger charge is 2.40. The molecule has 0 amide bonds. The maximum Gasteiger partial charge on any atom is 0.136 e. The third-order valence-electron chi connectivity index (χ3n) is 4.42. The summed E-state index contributed by atoms with van der Waals surface area (Å²) in [6.45, 7) is 6.62. The first-order valence-electron chi connectivity index (χ1n) is 7.07. The molecule has 19 heavy (non-hydrogen) atoms. The molecule has 2 nitrogen and oxygen atoms in total. The van der Waals surface area contributed by atoms with Crippen LogP contribution in [0.15, 0.2) is 30.5 Å². The minimum absolute atomic E-state index is 0.172. The molecule has 0 spiro atoms. The molecule has 3 rings (SSSR count). The van der Waals surface area contributed by atoms with Gasteiger partial charge >= 0.3 is 0 Å². The van der Waals surface area contributed by atoms with Gasteiger partial charge in [0.05, 0.1) is 5.69 Å². The van der Waals surface area contributed by atoms with Gasteiger partial charge in [-0.05, 0) is 37.5 Å². The molecule has 2 heterocycles. The van der Waals surface area contributed by atoms with Crippen LogP contribution < -0.4 is 4.74 Å². The molecule has 1 aromatic carbocycles. The largest absolute Gasteiger partial charge is 0.482 e. The number of hydrogen-bond donors (Lipinski definition) is 0. The lowest BCUT2D eigenvalue weighted by atomic mass is 9.82. The summed E-state index contributed by atoms with van der Waals surface area (Å²) in [4.78, 5) is 0. The van der Waals surface area contributed by atoms with Crippen molar-refractivity contribution in [2.45, 2.75) is 39.2 Å². The predicted molar refractivity (Wildman–Crippen MR) is 78.5 cm³/mol. The van der Waals surface area contributed by atoms with Crippen LogP contribution in [0, 0.1) is 6.92 Å². The normalized spacial score (nSPS) is 15.6. The van der Waals surface area contributed by atoms with Gasteiger partial charge in [0.2, 0.25) is 0 Å². The maximum absolute atomic E-state index is 6.43. The summed E-state index contributed by atoms with van der Waals surface area (Å²) in [5.74, 6) is 1.01. The Hall–Kier alpha value is -1.70. The van der Waals surface area contributed by atoms with E-state index in [0.29, 0.717) is 0 Å². The van der Waals surface area contributed by atoms with Crippen LogP contribution in [-0.2, 0) is 12.6 Å². The van der Waals surface area contributed by atoms with Gasteiger partial charge in [-0.1, -0.05) is 26.0 Å². The third-order valence-corrected chi connectivity index (χ3v) is 4.42. The number of benzene rings is 1. The summed E-state index contributed by atoms with van der Waals surface area (Å²) in [5, 5.41) is 0. The van der Waals surface area contributed by atoms with Gasteiger partial charge in [-0.25, -0.2) is 0 Å². The molecule has 0 aliphatic carbocycles. The van der Waals surface area contributed by atoms with E-state index >= 15 is 0 Å². The maximum atomic E-state index is 6.43. The Morgan fingerprint density at radius 1 is 1.16 bits per heavy atom. The van der Waals surface area contributed by atoms with Gasteiger partial charge in [0.15, 0.2) is 0 Å². The molecule has 2 aromatic rings. The van der Waals surface area contributed by atoms with Crippen molar-refractivity contribution in [1.82, 2.24) is 4.57 Å². The van der Waals surface area contributed by atoms with Crippen LogP contribution in [0.2, 0.25) is 0 Å².